The Bertz CT molecular complexity index is 656. The van der Waals surface area contributed by atoms with Crippen molar-refractivity contribution < 1.29 is 27.4 Å². The van der Waals surface area contributed by atoms with Crippen molar-refractivity contribution in [3.8, 4) is 11.5 Å². The van der Waals surface area contributed by atoms with Crippen LogP contribution in [0, 0.1) is 5.82 Å². The van der Waals surface area contributed by atoms with Crippen molar-refractivity contribution in [2.45, 2.75) is 12.8 Å². The van der Waals surface area contributed by atoms with Gasteiger partial charge in [-0.1, -0.05) is 17.7 Å². The molecular weight excluding hydrogens is 312 g/mol. The minimum absolute atomic E-state index is 0.0155. The molecule has 0 aliphatic heterocycles. The highest BCUT2D eigenvalue weighted by Gasteiger charge is 2.33. The average Bonchev–Trinajstić information content (AvgIpc) is 2.42. The summed E-state index contributed by atoms with van der Waals surface area (Å²) in [5.74, 6) is -0.847. The summed E-state index contributed by atoms with van der Waals surface area (Å²) >= 11 is 5.50. The third-order valence-corrected chi connectivity index (χ3v) is 2.99. The lowest BCUT2D eigenvalue weighted by molar-refractivity contribution is -0.138. The van der Waals surface area contributed by atoms with Crippen molar-refractivity contribution in [3.05, 3.63) is 58.4 Å². The van der Waals surface area contributed by atoms with E-state index in [2.05, 4.69) is 0 Å². The Balaban J connectivity index is 2.34. The lowest BCUT2D eigenvalue weighted by atomic mass is 10.1. The van der Waals surface area contributed by atoms with Gasteiger partial charge in [-0.2, -0.15) is 13.2 Å². The predicted molar refractivity (Wildman–Crippen MR) is 68.9 cm³/mol. The molecule has 2 rings (SSSR count). The molecule has 0 aromatic heterocycles. The van der Waals surface area contributed by atoms with Crippen molar-refractivity contribution in [2.24, 2.45) is 0 Å². The summed E-state index contributed by atoms with van der Waals surface area (Å²) in [5.41, 5.74) is -1.27. The van der Waals surface area contributed by atoms with Gasteiger partial charge in [0.05, 0.1) is 17.2 Å². The van der Waals surface area contributed by atoms with Gasteiger partial charge in [0.2, 0.25) is 0 Å². The van der Waals surface area contributed by atoms with Gasteiger partial charge in [-0.25, -0.2) is 4.39 Å². The van der Waals surface area contributed by atoms with Crippen molar-refractivity contribution in [2.75, 3.05) is 0 Å². The summed E-state index contributed by atoms with van der Waals surface area (Å²) in [7, 11) is 0. The van der Waals surface area contributed by atoms with E-state index in [9.17, 15) is 17.6 Å². The molecule has 0 amide bonds. The molecule has 0 saturated carbocycles. The molecule has 2 aromatic rings. The lowest BCUT2D eigenvalue weighted by Gasteiger charge is -2.13. The molecule has 0 saturated heterocycles. The highest BCUT2D eigenvalue weighted by atomic mass is 35.5. The van der Waals surface area contributed by atoms with E-state index in [1.807, 2.05) is 0 Å². The summed E-state index contributed by atoms with van der Waals surface area (Å²) in [6.45, 7) is -0.745. The van der Waals surface area contributed by atoms with Gasteiger partial charge in [0, 0.05) is 6.07 Å². The van der Waals surface area contributed by atoms with E-state index in [1.165, 1.54) is 18.2 Å². The molecule has 112 valence electrons. The van der Waals surface area contributed by atoms with Gasteiger partial charge in [-0.3, -0.25) is 0 Å². The summed E-state index contributed by atoms with van der Waals surface area (Å²) < 4.78 is 56.9. The van der Waals surface area contributed by atoms with Gasteiger partial charge >= 0.3 is 6.18 Å². The van der Waals surface area contributed by atoms with Gasteiger partial charge in [-0.05, 0) is 29.8 Å². The fourth-order valence-corrected chi connectivity index (χ4v) is 1.81. The van der Waals surface area contributed by atoms with E-state index in [-0.39, 0.29) is 22.1 Å². The van der Waals surface area contributed by atoms with Crippen molar-refractivity contribution >= 4 is 11.6 Å². The Morgan fingerprint density at radius 3 is 2.24 bits per heavy atom. The highest BCUT2D eigenvalue weighted by Crippen LogP contribution is 2.35. The number of halogens is 5. The second-order valence-corrected chi connectivity index (χ2v) is 4.56. The summed E-state index contributed by atoms with van der Waals surface area (Å²) in [6.07, 6.45) is -4.62. The van der Waals surface area contributed by atoms with Crippen LogP contribution in [0.3, 0.4) is 0 Å². The van der Waals surface area contributed by atoms with Crippen LogP contribution in [0.15, 0.2) is 36.4 Å². The SMILES string of the molecule is OCc1ccc(Oc2ccc(Cl)c(F)c2)cc1C(F)(F)F. The third kappa shape index (κ3) is 3.65. The van der Waals surface area contributed by atoms with Crippen LogP contribution in [0.5, 0.6) is 11.5 Å². The molecule has 2 nitrogen and oxygen atoms in total. The maximum absolute atomic E-state index is 13.2. The fraction of sp³-hybridized carbons (Fsp3) is 0.143. The van der Waals surface area contributed by atoms with Crippen molar-refractivity contribution in [1.29, 1.82) is 0 Å². The van der Waals surface area contributed by atoms with Gasteiger partial charge < -0.3 is 9.84 Å². The van der Waals surface area contributed by atoms with E-state index in [1.54, 1.807) is 0 Å². The van der Waals surface area contributed by atoms with Gasteiger partial charge in [0.15, 0.2) is 0 Å². The second kappa shape index (κ2) is 5.91. The van der Waals surface area contributed by atoms with Crippen LogP contribution in [-0.2, 0) is 12.8 Å². The molecule has 7 heteroatoms. The molecule has 2 aromatic carbocycles. The first kappa shape index (κ1) is 15.6. The van der Waals surface area contributed by atoms with Crippen molar-refractivity contribution in [1.82, 2.24) is 0 Å². The first-order valence-corrected chi connectivity index (χ1v) is 6.13. The Morgan fingerprint density at radius 2 is 1.67 bits per heavy atom. The summed E-state index contributed by atoms with van der Waals surface area (Å²) in [5, 5.41) is 8.81. The molecule has 0 radical (unpaired) electrons. The maximum Gasteiger partial charge on any atom is 0.416 e. The van der Waals surface area contributed by atoms with Crippen LogP contribution in [0.1, 0.15) is 11.1 Å². The molecule has 0 spiro atoms. The Hall–Kier alpha value is -1.79. The second-order valence-electron chi connectivity index (χ2n) is 4.15. The first-order chi connectivity index (χ1) is 9.81. The van der Waals surface area contributed by atoms with Gasteiger partial charge in [0.1, 0.15) is 17.3 Å². The first-order valence-electron chi connectivity index (χ1n) is 5.75. The molecule has 0 unspecified atom stereocenters. The Kier molecular flexibility index (Phi) is 4.39. The number of rotatable bonds is 3. The number of aliphatic hydroxyl groups excluding tert-OH is 1. The molecule has 0 fully saturated rings. The van der Waals surface area contributed by atoms with E-state index in [0.717, 1.165) is 18.2 Å². The smallest absolute Gasteiger partial charge is 0.416 e. The number of hydrogen-bond acceptors (Lipinski definition) is 2. The number of benzene rings is 2. The predicted octanol–water partition coefficient (Wildman–Crippen LogP) is 4.78. The molecule has 0 atom stereocenters. The molecular formula is C14H9ClF4O2. The van der Waals surface area contributed by atoms with Crippen LogP contribution in [0.25, 0.3) is 0 Å². The lowest BCUT2D eigenvalue weighted by Crippen LogP contribution is -2.09. The van der Waals surface area contributed by atoms with Crippen molar-refractivity contribution in [3.63, 3.8) is 0 Å². The number of hydrogen-bond donors (Lipinski definition) is 1. The van der Waals surface area contributed by atoms with Crippen LogP contribution in [-0.4, -0.2) is 5.11 Å². The number of aliphatic hydroxyl groups is 1. The summed E-state index contributed by atoms with van der Waals surface area (Å²) in [6, 6.07) is 6.64. The zero-order valence-corrected chi connectivity index (χ0v) is 11.2. The monoisotopic (exact) mass is 320 g/mol. The topological polar surface area (TPSA) is 29.5 Å². The molecule has 1 N–H and O–H groups in total. The quantitative estimate of drug-likeness (QED) is 0.824. The minimum Gasteiger partial charge on any atom is -0.457 e. The van der Waals surface area contributed by atoms with Crippen LogP contribution in [0.2, 0.25) is 5.02 Å². The number of alkyl halides is 3. The van der Waals surface area contributed by atoms with E-state index in [0.29, 0.717) is 0 Å². The maximum atomic E-state index is 13.2. The molecule has 0 aliphatic carbocycles. The Labute approximate surface area is 122 Å². The zero-order valence-electron chi connectivity index (χ0n) is 10.4. The minimum atomic E-state index is -4.62. The average molecular weight is 321 g/mol. The standard InChI is InChI=1S/C14H9ClF4O2/c15-12-4-3-10(6-13(12)16)21-9-2-1-8(7-20)11(5-9)14(17,18)19/h1-6,20H,7H2. The molecule has 0 aliphatic rings. The Morgan fingerprint density at radius 1 is 1.05 bits per heavy atom. The van der Waals surface area contributed by atoms with E-state index in [4.69, 9.17) is 21.4 Å². The van der Waals surface area contributed by atoms with Gasteiger partial charge in [0.25, 0.3) is 0 Å². The van der Waals surface area contributed by atoms with Gasteiger partial charge in [-0.15, -0.1) is 0 Å². The van der Waals surface area contributed by atoms with Crippen LogP contribution < -0.4 is 4.74 Å². The molecule has 0 heterocycles. The van der Waals surface area contributed by atoms with E-state index < -0.39 is 24.2 Å². The molecule has 0 bridgehead atoms. The van der Waals surface area contributed by atoms with Crippen LogP contribution >= 0.6 is 11.6 Å². The number of ether oxygens (including phenoxy) is 1. The zero-order chi connectivity index (χ0) is 15.6. The largest absolute Gasteiger partial charge is 0.457 e. The van der Waals surface area contributed by atoms with E-state index >= 15 is 0 Å². The molecule has 21 heavy (non-hydrogen) atoms. The summed E-state index contributed by atoms with van der Waals surface area (Å²) in [4.78, 5) is 0. The van der Waals surface area contributed by atoms with Crippen LogP contribution in [0.4, 0.5) is 17.6 Å². The normalized spacial score (nSPS) is 11.5. The third-order valence-electron chi connectivity index (χ3n) is 2.68. The fourth-order valence-electron chi connectivity index (χ4n) is 1.70. The highest BCUT2D eigenvalue weighted by molar-refractivity contribution is 6.30.